The number of carbonyl (C=O) groups is 1. The standard InChI is InChI=1S/C12H14O4/c1-16-8-2-3-10(13)9(6-8)12(4-5-12)7-11(14)15/h2-3,6,13H,4-5,7H2,1H3,(H,14,15). The Bertz CT molecular complexity index is 421. The van der Waals surface area contributed by atoms with E-state index < -0.39 is 5.97 Å². The fourth-order valence-corrected chi connectivity index (χ4v) is 2.05. The predicted molar refractivity (Wildman–Crippen MR) is 57.8 cm³/mol. The summed E-state index contributed by atoms with van der Waals surface area (Å²) in [6.45, 7) is 0. The zero-order valence-corrected chi connectivity index (χ0v) is 9.06. The van der Waals surface area contributed by atoms with Crippen LogP contribution < -0.4 is 4.74 Å². The zero-order chi connectivity index (χ0) is 11.8. The number of aromatic hydroxyl groups is 1. The van der Waals surface area contributed by atoms with Gasteiger partial charge in [-0.25, -0.2) is 0 Å². The van der Waals surface area contributed by atoms with E-state index >= 15 is 0 Å². The topological polar surface area (TPSA) is 66.8 Å². The Kier molecular flexibility index (Phi) is 2.50. The number of phenols is 1. The van der Waals surface area contributed by atoms with E-state index in [1.807, 2.05) is 0 Å². The summed E-state index contributed by atoms with van der Waals surface area (Å²) >= 11 is 0. The van der Waals surface area contributed by atoms with Gasteiger partial charge in [-0.3, -0.25) is 4.79 Å². The average Bonchev–Trinajstić information content (AvgIpc) is 2.98. The third-order valence-corrected chi connectivity index (χ3v) is 3.12. The van der Waals surface area contributed by atoms with Crippen LogP contribution in [-0.4, -0.2) is 23.3 Å². The van der Waals surface area contributed by atoms with Crippen LogP contribution in [0.5, 0.6) is 11.5 Å². The Labute approximate surface area is 93.5 Å². The van der Waals surface area contributed by atoms with Crippen molar-refractivity contribution in [2.24, 2.45) is 0 Å². The maximum Gasteiger partial charge on any atom is 0.304 e. The molecule has 2 rings (SSSR count). The van der Waals surface area contributed by atoms with Gasteiger partial charge in [-0.05, 0) is 31.0 Å². The van der Waals surface area contributed by atoms with Gasteiger partial charge in [0.25, 0.3) is 0 Å². The highest BCUT2D eigenvalue weighted by Crippen LogP contribution is 2.54. The van der Waals surface area contributed by atoms with Gasteiger partial charge in [0, 0.05) is 11.0 Å². The lowest BCUT2D eigenvalue weighted by molar-refractivity contribution is -0.137. The smallest absolute Gasteiger partial charge is 0.304 e. The van der Waals surface area contributed by atoms with E-state index in [1.54, 1.807) is 25.3 Å². The first-order valence-corrected chi connectivity index (χ1v) is 5.17. The minimum atomic E-state index is -0.834. The van der Waals surface area contributed by atoms with Crippen molar-refractivity contribution in [3.8, 4) is 11.5 Å². The number of rotatable bonds is 4. The van der Waals surface area contributed by atoms with E-state index in [2.05, 4.69) is 0 Å². The lowest BCUT2D eigenvalue weighted by Crippen LogP contribution is -2.13. The van der Waals surface area contributed by atoms with Crippen molar-refractivity contribution in [1.82, 2.24) is 0 Å². The van der Waals surface area contributed by atoms with Crippen molar-refractivity contribution in [3.05, 3.63) is 23.8 Å². The summed E-state index contributed by atoms with van der Waals surface area (Å²) in [6, 6.07) is 4.94. The summed E-state index contributed by atoms with van der Waals surface area (Å²) in [5.41, 5.74) is 0.305. The van der Waals surface area contributed by atoms with Crippen LogP contribution in [0.4, 0.5) is 0 Å². The number of phenolic OH excluding ortho intramolecular Hbond substituents is 1. The minimum absolute atomic E-state index is 0.0632. The minimum Gasteiger partial charge on any atom is -0.508 e. The lowest BCUT2D eigenvalue weighted by Gasteiger charge is -2.15. The maximum atomic E-state index is 10.8. The summed E-state index contributed by atoms with van der Waals surface area (Å²) < 4.78 is 5.08. The SMILES string of the molecule is COc1ccc(O)c(C2(CC(=O)O)CC2)c1. The first-order valence-electron chi connectivity index (χ1n) is 5.17. The first kappa shape index (κ1) is 10.8. The van der Waals surface area contributed by atoms with Crippen LogP contribution in [0.15, 0.2) is 18.2 Å². The number of methoxy groups -OCH3 is 1. The molecule has 4 heteroatoms. The number of hydrogen-bond donors (Lipinski definition) is 2. The predicted octanol–water partition coefficient (Wildman–Crippen LogP) is 1.91. The normalized spacial score (nSPS) is 16.8. The molecule has 1 saturated carbocycles. The number of benzene rings is 1. The number of ether oxygens (including phenoxy) is 1. The molecular weight excluding hydrogens is 208 g/mol. The number of aliphatic carboxylic acids is 1. The van der Waals surface area contributed by atoms with Crippen molar-refractivity contribution >= 4 is 5.97 Å². The van der Waals surface area contributed by atoms with Crippen LogP contribution in [0.25, 0.3) is 0 Å². The fraction of sp³-hybridized carbons (Fsp3) is 0.417. The fourth-order valence-electron chi connectivity index (χ4n) is 2.05. The molecule has 0 unspecified atom stereocenters. The second kappa shape index (κ2) is 3.70. The van der Waals surface area contributed by atoms with E-state index in [4.69, 9.17) is 9.84 Å². The molecule has 0 saturated heterocycles. The van der Waals surface area contributed by atoms with Gasteiger partial charge in [0.2, 0.25) is 0 Å². The number of hydrogen-bond acceptors (Lipinski definition) is 3. The van der Waals surface area contributed by atoms with Gasteiger partial charge in [0.1, 0.15) is 11.5 Å². The molecule has 16 heavy (non-hydrogen) atoms. The Morgan fingerprint density at radius 2 is 2.19 bits per heavy atom. The second-order valence-electron chi connectivity index (χ2n) is 4.23. The van der Waals surface area contributed by atoms with Crippen LogP contribution in [0, 0.1) is 0 Å². The molecule has 1 aromatic rings. The molecule has 0 amide bonds. The van der Waals surface area contributed by atoms with Gasteiger partial charge < -0.3 is 14.9 Å². The summed E-state index contributed by atoms with van der Waals surface area (Å²) in [6.07, 6.45) is 1.67. The number of carboxylic acid groups (broad SMARTS) is 1. The largest absolute Gasteiger partial charge is 0.508 e. The second-order valence-corrected chi connectivity index (χ2v) is 4.23. The van der Waals surface area contributed by atoms with Crippen molar-refractivity contribution in [1.29, 1.82) is 0 Å². The van der Waals surface area contributed by atoms with E-state index in [1.165, 1.54) is 0 Å². The van der Waals surface area contributed by atoms with Crippen molar-refractivity contribution in [3.63, 3.8) is 0 Å². The van der Waals surface area contributed by atoms with E-state index in [9.17, 15) is 9.90 Å². The van der Waals surface area contributed by atoms with Gasteiger partial charge in [-0.2, -0.15) is 0 Å². The molecule has 1 aromatic carbocycles. The Balaban J connectivity index is 2.35. The molecule has 1 fully saturated rings. The van der Waals surface area contributed by atoms with Gasteiger partial charge >= 0.3 is 5.97 Å². The molecule has 0 heterocycles. The van der Waals surface area contributed by atoms with E-state index in [0.717, 1.165) is 12.8 Å². The molecule has 1 aliphatic rings. The quantitative estimate of drug-likeness (QED) is 0.816. The van der Waals surface area contributed by atoms with Crippen molar-refractivity contribution < 1.29 is 19.7 Å². The van der Waals surface area contributed by atoms with Gasteiger partial charge in [0.15, 0.2) is 0 Å². The molecule has 1 aliphatic carbocycles. The van der Waals surface area contributed by atoms with Crippen LogP contribution in [0.2, 0.25) is 0 Å². The lowest BCUT2D eigenvalue weighted by atomic mass is 9.91. The van der Waals surface area contributed by atoms with Gasteiger partial charge in [-0.15, -0.1) is 0 Å². The number of carboxylic acids is 1. The molecule has 0 aromatic heterocycles. The summed E-state index contributed by atoms with van der Waals surface area (Å²) in [4.78, 5) is 10.8. The molecule has 86 valence electrons. The summed E-state index contributed by atoms with van der Waals surface area (Å²) in [5, 5.41) is 18.6. The third-order valence-electron chi connectivity index (χ3n) is 3.12. The zero-order valence-electron chi connectivity index (χ0n) is 9.06. The Morgan fingerprint density at radius 1 is 1.50 bits per heavy atom. The molecule has 0 bridgehead atoms. The van der Waals surface area contributed by atoms with Crippen LogP contribution in [-0.2, 0) is 10.2 Å². The van der Waals surface area contributed by atoms with Crippen molar-refractivity contribution in [2.75, 3.05) is 7.11 Å². The van der Waals surface area contributed by atoms with Crippen LogP contribution in [0.1, 0.15) is 24.8 Å². The van der Waals surface area contributed by atoms with E-state index in [0.29, 0.717) is 11.3 Å². The van der Waals surface area contributed by atoms with Crippen LogP contribution >= 0.6 is 0 Å². The molecule has 2 N–H and O–H groups in total. The molecule has 0 atom stereocenters. The molecule has 0 spiro atoms. The summed E-state index contributed by atoms with van der Waals surface area (Å²) in [5.74, 6) is -0.0382. The van der Waals surface area contributed by atoms with Gasteiger partial charge in [-0.1, -0.05) is 0 Å². The van der Waals surface area contributed by atoms with Gasteiger partial charge in [0.05, 0.1) is 13.5 Å². The molecule has 0 aliphatic heterocycles. The molecule has 0 radical (unpaired) electrons. The first-order chi connectivity index (χ1) is 7.57. The maximum absolute atomic E-state index is 10.8. The van der Waals surface area contributed by atoms with Crippen LogP contribution in [0.3, 0.4) is 0 Å². The highest BCUT2D eigenvalue weighted by atomic mass is 16.5. The van der Waals surface area contributed by atoms with E-state index in [-0.39, 0.29) is 17.6 Å². The highest BCUT2D eigenvalue weighted by molar-refractivity contribution is 5.70. The Hall–Kier alpha value is -1.71. The highest BCUT2D eigenvalue weighted by Gasteiger charge is 2.47. The molecule has 4 nitrogen and oxygen atoms in total. The summed E-state index contributed by atoms with van der Waals surface area (Å²) in [7, 11) is 1.55. The van der Waals surface area contributed by atoms with Crippen molar-refractivity contribution in [2.45, 2.75) is 24.7 Å². The molecular formula is C12H14O4. The Morgan fingerprint density at radius 3 is 2.69 bits per heavy atom. The average molecular weight is 222 g/mol. The monoisotopic (exact) mass is 222 g/mol. The third kappa shape index (κ3) is 1.83.